The second kappa shape index (κ2) is 9.77. The van der Waals surface area contributed by atoms with Gasteiger partial charge in [0, 0.05) is 16.8 Å². The molecule has 5 aromatic rings. The number of amides is 2. The Morgan fingerprint density at radius 1 is 0.561 bits per heavy atom. The molecule has 1 unspecified atom stereocenters. The highest BCUT2D eigenvalue weighted by atomic mass is 16.2. The van der Waals surface area contributed by atoms with Gasteiger partial charge in [-0.3, -0.25) is 4.90 Å². The van der Waals surface area contributed by atoms with Crippen molar-refractivity contribution in [2.75, 3.05) is 15.0 Å². The van der Waals surface area contributed by atoms with Gasteiger partial charge in [-0.1, -0.05) is 119 Å². The number of hydrogen-bond acceptors (Lipinski definition) is 4. The Morgan fingerprint density at radius 3 is 1.66 bits per heavy atom. The van der Waals surface area contributed by atoms with Crippen LogP contribution >= 0.6 is 0 Å². The van der Waals surface area contributed by atoms with Gasteiger partial charge in [0.2, 0.25) is 5.66 Å². The maximum atomic E-state index is 14.9. The monoisotopic (exact) mass is 535 g/mol. The maximum Gasteiger partial charge on any atom is 0.347 e. The number of urea groups is 1. The van der Waals surface area contributed by atoms with Crippen LogP contribution in [0.25, 0.3) is 0 Å². The average Bonchev–Trinajstić information content (AvgIpc) is 3.49. The number of rotatable bonds is 5. The molecule has 2 heterocycles. The third-order valence-electron chi connectivity index (χ3n) is 7.66. The summed E-state index contributed by atoms with van der Waals surface area (Å²) in [5.74, 6) is 0. The van der Waals surface area contributed by atoms with Gasteiger partial charge in [-0.15, -0.1) is 0 Å². The molecule has 0 N–H and O–H groups in total. The van der Waals surface area contributed by atoms with Crippen LogP contribution in [0, 0.1) is 13.8 Å². The molecule has 0 aliphatic carbocycles. The molecule has 5 aromatic carbocycles. The zero-order chi connectivity index (χ0) is 28.0. The van der Waals surface area contributed by atoms with Gasteiger partial charge in [-0.25, -0.2) is 9.80 Å². The molecule has 0 aromatic heterocycles. The second-order valence-corrected chi connectivity index (χ2v) is 10.4. The number of nitrogens with zero attached hydrogens (tertiary/aromatic N) is 5. The van der Waals surface area contributed by atoms with E-state index in [-0.39, 0.29) is 6.03 Å². The predicted molar refractivity (Wildman–Crippen MR) is 165 cm³/mol. The summed E-state index contributed by atoms with van der Waals surface area (Å²) in [7, 11) is 0. The zero-order valence-corrected chi connectivity index (χ0v) is 22.9. The van der Waals surface area contributed by atoms with Crippen molar-refractivity contribution in [3.63, 3.8) is 0 Å². The van der Waals surface area contributed by atoms with E-state index in [4.69, 9.17) is 5.10 Å². The molecule has 200 valence electrons. The van der Waals surface area contributed by atoms with Crippen molar-refractivity contribution in [2.45, 2.75) is 19.5 Å². The highest BCUT2D eigenvalue weighted by molar-refractivity contribution is 6.20. The molecule has 6 heteroatoms. The number of para-hydroxylation sites is 1. The van der Waals surface area contributed by atoms with Crippen molar-refractivity contribution in [3.8, 4) is 0 Å². The number of aryl methyl sites for hydroxylation is 2. The number of carbonyl (C=O) groups is 1. The fourth-order valence-electron chi connectivity index (χ4n) is 5.71. The molecular formula is C35H29N5O. The molecule has 1 saturated heterocycles. The second-order valence-electron chi connectivity index (χ2n) is 10.4. The molecule has 0 spiro atoms. The van der Waals surface area contributed by atoms with Crippen molar-refractivity contribution < 1.29 is 4.79 Å². The van der Waals surface area contributed by atoms with Gasteiger partial charge in [-0.2, -0.15) is 10.2 Å². The summed E-state index contributed by atoms with van der Waals surface area (Å²) in [6.07, 6.45) is 0. The lowest BCUT2D eigenvalue weighted by Crippen LogP contribution is -2.58. The Morgan fingerprint density at radius 2 is 1.07 bits per heavy atom. The van der Waals surface area contributed by atoms with E-state index in [0.29, 0.717) is 0 Å². The summed E-state index contributed by atoms with van der Waals surface area (Å²) >= 11 is 0. The first-order chi connectivity index (χ1) is 20.1. The van der Waals surface area contributed by atoms with Crippen LogP contribution in [-0.4, -0.2) is 16.9 Å². The number of benzene rings is 5. The summed E-state index contributed by atoms with van der Waals surface area (Å²) in [5.41, 5.74) is 6.10. The highest BCUT2D eigenvalue weighted by Gasteiger charge is 2.67. The molecule has 2 aliphatic rings. The third-order valence-corrected chi connectivity index (χ3v) is 7.66. The number of hydrogen-bond donors (Lipinski definition) is 0. The molecular weight excluding hydrogens is 506 g/mol. The van der Waals surface area contributed by atoms with Gasteiger partial charge >= 0.3 is 6.03 Å². The Labute approximate surface area is 239 Å². The lowest BCUT2D eigenvalue weighted by molar-refractivity contribution is 0.191. The first kappa shape index (κ1) is 24.8. The van der Waals surface area contributed by atoms with Gasteiger partial charge in [0.1, 0.15) is 5.71 Å². The fourth-order valence-corrected chi connectivity index (χ4v) is 5.71. The molecule has 1 fully saturated rings. The topological polar surface area (TPSA) is 42.4 Å². The minimum Gasteiger partial charge on any atom is -0.260 e. The molecule has 2 amide bonds. The normalized spacial score (nSPS) is 18.5. The van der Waals surface area contributed by atoms with E-state index >= 15 is 0 Å². The summed E-state index contributed by atoms with van der Waals surface area (Å²) in [6.45, 7) is 4.11. The Hall–Kier alpha value is -5.20. The highest BCUT2D eigenvalue weighted by Crippen LogP contribution is 2.52. The quantitative estimate of drug-likeness (QED) is 0.232. The van der Waals surface area contributed by atoms with Crippen LogP contribution in [-0.2, 0) is 5.66 Å². The maximum absolute atomic E-state index is 14.9. The summed E-state index contributed by atoms with van der Waals surface area (Å²) in [5, 5.41) is 11.0. The van der Waals surface area contributed by atoms with Crippen LogP contribution in [0.2, 0.25) is 0 Å². The van der Waals surface area contributed by atoms with Gasteiger partial charge in [0.05, 0.1) is 11.4 Å². The Balaban J connectivity index is 1.59. The number of hydrazone groups is 1. The largest absolute Gasteiger partial charge is 0.347 e. The molecule has 0 saturated carbocycles. The minimum atomic E-state index is -1.13. The molecule has 41 heavy (non-hydrogen) atoms. The molecule has 0 bridgehead atoms. The van der Waals surface area contributed by atoms with Gasteiger partial charge in [-0.05, 0) is 50.2 Å². The number of hydrazine groups is 2. The fraction of sp³-hybridized carbons (Fsp3) is 0.0857. The van der Waals surface area contributed by atoms with Crippen LogP contribution in [0.1, 0.15) is 22.3 Å². The molecule has 6 nitrogen and oxygen atoms in total. The van der Waals surface area contributed by atoms with E-state index in [0.717, 1.165) is 45.0 Å². The lowest BCUT2D eigenvalue weighted by Gasteiger charge is -2.41. The van der Waals surface area contributed by atoms with E-state index in [9.17, 15) is 4.79 Å². The van der Waals surface area contributed by atoms with E-state index in [1.54, 1.807) is 5.01 Å². The zero-order valence-electron chi connectivity index (χ0n) is 22.9. The van der Waals surface area contributed by atoms with Crippen molar-refractivity contribution >= 4 is 28.8 Å². The van der Waals surface area contributed by atoms with E-state index in [1.165, 1.54) is 0 Å². The first-order valence-electron chi connectivity index (χ1n) is 13.7. The minimum absolute atomic E-state index is 0.177. The Kier molecular flexibility index (Phi) is 5.91. The van der Waals surface area contributed by atoms with Crippen molar-refractivity contribution in [1.29, 1.82) is 0 Å². The average molecular weight is 536 g/mol. The van der Waals surface area contributed by atoms with Crippen LogP contribution in [0.3, 0.4) is 0 Å². The Bertz CT molecular complexity index is 1720. The van der Waals surface area contributed by atoms with Gasteiger partial charge in [0.25, 0.3) is 0 Å². The molecule has 2 aliphatic heterocycles. The number of carbonyl (C=O) groups excluding carboxylic acids is 1. The standard InChI is InChI=1S/C35H29N5O/c1-26-18-22-31(23-19-26)38-34(41)37(30-16-10-5-11-17-30)35(29-14-8-4-9-15-29)33(28-12-6-3-7-13-28)36-39(40(35)38)32-24-20-27(2)21-25-32/h3-25H,1-2H3. The third kappa shape index (κ3) is 3.84. The molecule has 7 rings (SSSR count). The number of anilines is 3. The van der Waals surface area contributed by atoms with Crippen LogP contribution in [0.15, 0.2) is 145 Å². The van der Waals surface area contributed by atoms with Crippen LogP contribution in [0.4, 0.5) is 21.9 Å². The van der Waals surface area contributed by atoms with E-state index < -0.39 is 5.66 Å². The van der Waals surface area contributed by atoms with Gasteiger partial charge in [0.15, 0.2) is 0 Å². The lowest BCUT2D eigenvalue weighted by atomic mass is 9.88. The van der Waals surface area contributed by atoms with E-state index in [1.807, 2.05) is 125 Å². The predicted octanol–water partition coefficient (Wildman–Crippen LogP) is 7.66. The van der Waals surface area contributed by atoms with Crippen molar-refractivity contribution in [3.05, 3.63) is 162 Å². The van der Waals surface area contributed by atoms with Crippen molar-refractivity contribution in [1.82, 2.24) is 5.12 Å². The SMILES string of the molecule is Cc1ccc(N2N=C(c3ccccc3)C3(c4ccccc4)N(c4ccccc4)C(=O)N(c4ccc(C)cc4)N23)cc1. The molecule has 1 atom stereocenters. The summed E-state index contributed by atoms with van der Waals surface area (Å²) < 4.78 is 0. The number of fused-ring (bicyclic) bond motifs is 1. The van der Waals surface area contributed by atoms with Crippen molar-refractivity contribution in [2.24, 2.45) is 5.10 Å². The molecule has 0 radical (unpaired) electrons. The van der Waals surface area contributed by atoms with Crippen LogP contribution < -0.4 is 15.0 Å². The smallest absolute Gasteiger partial charge is 0.260 e. The summed E-state index contributed by atoms with van der Waals surface area (Å²) in [6, 6.07) is 46.3. The van der Waals surface area contributed by atoms with Gasteiger partial charge < -0.3 is 0 Å². The van der Waals surface area contributed by atoms with Crippen LogP contribution in [0.5, 0.6) is 0 Å². The first-order valence-corrected chi connectivity index (χ1v) is 13.7. The van der Waals surface area contributed by atoms with E-state index in [2.05, 4.69) is 43.3 Å². The summed E-state index contributed by atoms with van der Waals surface area (Å²) in [4.78, 5) is 16.8.